The van der Waals surface area contributed by atoms with Gasteiger partial charge >= 0.3 is 0 Å². The minimum atomic E-state index is -0.249. The van der Waals surface area contributed by atoms with Gasteiger partial charge in [0.05, 0.1) is 24.4 Å². The zero-order valence-electron chi connectivity index (χ0n) is 11.4. The molecule has 3 rings (SSSR count). The van der Waals surface area contributed by atoms with Crippen LogP contribution >= 0.6 is 11.3 Å². The molecular weight excluding hydrogens is 288 g/mol. The van der Waals surface area contributed by atoms with Gasteiger partial charge in [0.25, 0.3) is 5.91 Å². The maximum atomic E-state index is 11.7. The summed E-state index contributed by atoms with van der Waals surface area (Å²) in [7, 11) is 0. The van der Waals surface area contributed by atoms with Crippen LogP contribution in [0.25, 0.3) is 0 Å². The van der Waals surface area contributed by atoms with Crippen LogP contribution in [-0.4, -0.2) is 43.4 Å². The number of anilines is 1. The van der Waals surface area contributed by atoms with E-state index in [1.807, 2.05) is 6.07 Å². The fraction of sp³-hybridized carbons (Fsp3) is 0.286. The van der Waals surface area contributed by atoms with Crippen LogP contribution in [0, 0.1) is 0 Å². The van der Waals surface area contributed by atoms with Crippen molar-refractivity contribution in [3.63, 3.8) is 0 Å². The zero-order chi connectivity index (χ0) is 14.5. The molecule has 3 heterocycles. The summed E-state index contributed by atoms with van der Waals surface area (Å²) in [5.74, 6) is -0.249. The molecular formula is C14H16N4O2S. The number of carbonyl (C=O) groups is 1. The molecule has 6 nitrogen and oxygen atoms in total. The van der Waals surface area contributed by atoms with Crippen molar-refractivity contribution >= 4 is 28.5 Å². The molecule has 0 aromatic carbocycles. The molecule has 0 unspecified atom stereocenters. The van der Waals surface area contributed by atoms with Crippen molar-refractivity contribution in [3.8, 4) is 0 Å². The van der Waals surface area contributed by atoms with Crippen LogP contribution in [-0.2, 0) is 4.74 Å². The Kier molecular flexibility index (Phi) is 4.32. The van der Waals surface area contributed by atoms with Gasteiger partial charge in [0.2, 0.25) is 0 Å². The number of carbonyl (C=O) groups excluding carboxylic acids is 1. The highest BCUT2D eigenvalue weighted by Crippen LogP contribution is 2.25. The summed E-state index contributed by atoms with van der Waals surface area (Å²) < 4.78 is 5.34. The van der Waals surface area contributed by atoms with Crippen molar-refractivity contribution in [2.75, 3.05) is 31.2 Å². The van der Waals surface area contributed by atoms with Crippen molar-refractivity contribution in [1.29, 1.82) is 0 Å². The molecule has 1 aliphatic heterocycles. The summed E-state index contributed by atoms with van der Waals surface area (Å²) in [6.07, 6.45) is 3.36. The molecule has 0 saturated carbocycles. The summed E-state index contributed by atoms with van der Waals surface area (Å²) >= 11 is 1.65. The Balaban J connectivity index is 1.56. The van der Waals surface area contributed by atoms with E-state index < -0.39 is 0 Å². The smallest absolute Gasteiger partial charge is 0.287 e. The summed E-state index contributed by atoms with van der Waals surface area (Å²) in [5.41, 5.74) is 2.99. The van der Waals surface area contributed by atoms with Gasteiger partial charge in [-0.25, -0.2) is 5.43 Å². The molecule has 1 aliphatic rings. The number of amides is 1. The van der Waals surface area contributed by atoms with Gasteiger partial charge in [0.15, 0.2) is 0 Å². The van der Waals surface area contributed by atoms with Gasteiger partial charge in [0, 0.05) is 24.2 Å². The van der Waals surface area contributed by atoms with Crippen LogP contribution in [0.15, 0.2) is 35.6 Å². The van der Waals surface area contributed by atoms with Crippen LogP contribution in [0.1, 0.15) is 15.4 Å². The number of hydrogen-bond donors (Lipinski definition) is 2. The minimum Gasteiger partial charge on any atom is -0.378 e. The van der Waals surface area contributed by atoms with Crippen molar-refractivity contribution in [1.82, 2.24) is 10.4 Å². The molecule has 2 N–H and O–H groups in total. The first-order valence-corrected chi connectivity index (χ1v) is 7.54. The molecule has 2 aromatic heterocycles. The van der Waals surface area contributed by atoms with Crippen LogP contribution in [0.4, 0.5) is 5.00 Å². The number of nitrogens with zero attached hydrogens (tertiary/aromatic N) is 2. The second-order valence-corrected chi connectivity index (χ2v) is 5.65. The van der Waals surface area contributed by atoms with Crippen LogP contribution in [0.2, 0.25) is 0 Å². The number of ether oxygens (including phenoxy) is 1. The van der Waals surface area contributed by atoms with Gasteiger partial charge in [-0.15, -0.1) is 11.3 Å². The standard InChI is InChI=1S/C14H16N4O2S/c19-14(12-2-1-5-15-12)17-16-10-11-3-4-13(21-11)18-6-8-20-9-7-18/h1-5,10,15H,6-9H2,(H,17,19)/b16-10-. The highest BCUT2D eigenvalue weighted by atomic mass is 32.1. The zero-order valence-corrected chi connectivity index (χ0v) is 12.2. The number of nitrogens with one attached hydrogen (secondary N) is 2. The average Bonchev–Trinajstić information content (AvgIpc) is 3.20. The lowest BCUT2D eigenvalue weighted by Gasteiger charge is -2.27. The first-order valence-electron chi connectivity index (χ1n) is 6.72. The molecule has 1 saturated heterocycles. The summed E-state index contributed by atoms with van der Waals surface area (Å²) in [4.78, 5) is 17.8. The molecule has 2 aromatic rings. The second kappa shape index (κ2) is 6.55. The van der Waals surface area contributed by atoms with Crippen molar-refractivity contribution in [3.05, 3.63) is 41.0 Å². The van der Waals surface area contributed by atoms with Gasteiger partial charge < -0.3 is 14.6 Å². The Labute approximate surface area is 126 Å². The Morgan fingerprint density at radius 3 is 3.00 bits per heavy atom. The number of morpholine rings is 1. The molecule has 1 amide bonds. The highest BCUT2D eigenvalue weighted by Gasteiger charge is 2.12. The highest BCUT2D eigenvalue weighted by molar-refractivity contribution is 7.17. The Hall–Kier alpha value is -2.12. The third-order valence-corrected chi connectivity index (χ3v) is 4.22. The fourth-order valence-electron chi connectivity index (χ4n) is 2.05. The van der Waals surface area contributed by atoms with Crippen LogP contribution in [0.5, 0.6) is 0 Å². The van der Waals surface area contributed by atoms with E-state index in [1.54, 1.807) is 35.9 Å². The van der Waals surface area contributed by atoms with E-state index in [9.17, 15) is 4.79 Å². The molecule has 21 heavy (non-hydrogen) atoms. The number of rotatable bonds is 4. The monoisotopic (exact) mass is 304 g/mol. The summed E-state index contributed by atoms with van der Waals surface area (Å²) in [5, 5.41) is 5.18. The number of aromatic nitrogens is 1. The maximum absolute atomic E-state index is 11.7. The van der Waals surface area contributed by atoms with Gasteiger partial charge in [-0.1, -0.05) is 0 Å². The predicted molar refractivity (Wildman–Crippen MR) is 83.2 cm³/mol. The number of hydrogen-bond acceptors (Lipinski definition) is 5. The third-order valence-electron chi connectivity index (χ3n) is 3.14. The number of H-pyrrole nitrogens is 1. The molecule has 1 fully saturated rings. The van der Waals surface area contributed by atoms with Gasteiger partial charge in [-0.2, -0.15) is 5.10 Å². The van der Waals surface area contributed by atoms with E-state index in [0.29, 0.717) is 5.69 Å². The number of thiophene rings is 1. The molecule has 0 bridgehead atoms. The molecule has 110 valence electrons. The van der Waals surface area contributed by atoms with Gasteiger partial charge in [0.1, 0.15) is 5.69 Å². The lowest BCUT2D eigenvalue weighted by atomic mass is 10.4. The first-order chi connectivity index (χ1) is 10.3. The van der Waals surface area contributed by atoms with Crippen molar-refractivity contribution < 1.29 is 9.53 Å². The molecule has 0 atom stereocenters. The van der Waals surface area contributed by atoms with Crippen LogP contribution in [0.3, 0.4) is 0 Å². The number of hydrazone groups is 1. The first kappa shape index (κ1) is 13.8. The van der Waals surface area contributed by atoms with E-state index in [-0.39, 0.29) is 5.91 Å². The topological polar surface area (TPSA) is 69.7 Å². The average molecular weight is 304 g/mol. The van der Waals surface area contributed by atoms with Crippen molar-refractivity contribution in [2.24, 2.45) is 5.10 Å². The third kappa shape index (κ3) is 3.50. The van der Waals surface area contributed by atoms with E-state index in [4.69, 9.17) is 4.74 Å². The van der Waals surface area contributed by atoms with Crippen molar-refractivity contribution in [2.45, 2.75) is 0 Å². The number of aromatic amines is 1. The molecule has 0 aliphatic carbocycles. The fourth-order valence-corrected chi connectivity index (χ4v) is 2.98. The SMILES string of the molecule is O=C(N/N=C\c1ccc(N2CCOCC2)s1)c1ccc[nH]1. The quantitative estimate of drug-likeness (QED) is 0.667. The summed E-state index contributed by atoms with van der Waals surface area (Å²) in [6, 6.07) is 7.54. The normalized spacial score (nSPS) is 15.5. The van der Waals surface area contributed by atoms with Gasteiger partial charge in [-0.05, 0) is 24.3 Å². The lowest BCUT2D eigenvalue weighted by Crippen LogP contribution is -2.35. The Bertz CT molecular complexity index is 615. The van der Waals surface area contributed by atoms with E-state index in [2.05, 4.69) is 26.5 Å². The van der Waals surface area contributed by atoms with E-state index in [0.717, 1.165) is 31.2 Å². The van der Waals surface area contributed by atoms with E-state index in [1.165, 1.54) is 5.00 Å². The maximum Gasteiger partial charge on any atom is 0.287 e. The Morgan fingerprint density at radius 1 is 1.38 bits per heavy atom. The largest absolute Gasteiger partial charge is 0.378 e. The van der Waals surface area contributed by atoms with Crippen LogP contribution < -0.4 is 10.3 Å². The minimum absolute atomic E-state index is 0.249. The molecule has 0 spiro atoms. The van der Waals surface area contributed by atoms with E-state index >= 15 is 0 Å². The molecule has 7 heteroatoms. The Morgan fingerprint density at radius 2 is 2.24 bits per heavy atom. The predicted octanol–water partition coefficient (Wildman–Crippen LogP) is 1.68. The lowest BCUT2D eigenvalue weighted by molar-refractivity contribution is 0.0951. The van der Waals surface area contributed by atoms with Gasteiger partial charge in [-0.3, -0.25) is 4.79 Å². The summed E-state index contributed by atoms with van der Waals surface area (Å²) in [6.45, 7) is 3.38. The second-order valence-electron chi connectivity index (χ2n) is 4.56. The molecule has 0 radical (unpaired) electrons.